The summed E-state index contributed by atoms with van der Waals surface area (Å²) in [5, 5.41) is 14.5. The van der Waals surface area contributed by atoms with Crippen LogP contribution in [0.1, 0.15) is 17.8 Å². The van der Waals surface area contributed by atoms with E-state index in [-0.39, 0.29) is 11.9 Å². The molecule has 1 unspecified atom stereocenters. The van der Waals surface area contributed by atoms with Crippen LogP contribution in [0.2, 0.25) is 0 Å². The second-order valence-corrected chi connectivity index (χ2v) is 3.68. The summed E-state index contributed by atoms with van der Waals surface area (Å²) in [7, 11) is 0. The third-order valence-electron chi connectivity index (χ3n) is 2.28. The molecule has 0 saturated carbocycles. The molecule has 0 radical (unpaired) electrons. The van der Waals surface area contributed by atoms with Gasteiger partial charge in [-0.25, -0.2) is 9.97 Å². The van der Waals surface area contributed by atoms with Crippen molar-refractivity contribution in [3.63, 3.8) is 0 Å². The van der Waals surface area contributed by atoms with E-state index in [9.17, 15) is 4.79 Å². The van der Waals surface area contributed by atoms with Crippen LogP contribution in [0.3, 0.4) is 0 Å². The van der Waals surface area contributed by atoms with Crippen molar-refractivity contribution in [3.8, 4) is 6.07 Å². The highest BCUT2D eigenvalue weighted by Gasteiger charge is 2.21. The average molecular weight is 217 g/mol. The largest absolute Gasteiger partial charge is 0.354 e. The third-order valence-corrected chi connectivity index (χ3v) is 2.28. The molecule has 6 nitrogen and oxygen atoms in total. The second kappa shape index (κ2) is 4.14. The van der Waals surface area contributed by atoms with E-state index < -0.39 is 0 Å². The first kappa shape index (κ1) is 10.4. The topological polar surface area (TPSA) is 90.7 Å². The summed E-state index contributed by atoms with van der Waals surface area (Å²) in [6.07, 6.45) is 0.416. The molecule has 6 heteroatoms. The van der Waals surface area contributed by atoms with Gasteiger partial charge in [-0.1, -0.05) is 0 Å². The summed E-state index contributed by atoms with van der Waals surface area (Å²) in [6, 6.07) is 3.58. The summed E-state index contributed by atoms with van der Waals surface area (Å²) >= 11 is 0. The molecule has 1 aliphatic heterocycles. The van der Waals surface area contributed by atoms with Crippen molar-refractivity contribution in [1.29, 1.82) is 5.26 Å². The maximum atomic E-state index is 11.0. The molecule has 1 atom stereocenters. The second-order valence-electron chi connectivity index (χ2n) is 3.68. The lowest BCUT2D eigenvalue weighted by Crippen LogP contribution is -2.23. The Balaban J connectivity index is 2.12. The maximum absolute atomic E-state index is 11.0. The van der Waals surface area contributed by atoms with E-state index in [4.69, 9.17) is 5.26 Å². The predicted octanol–water partition coefficient (Wildman–Crippen LogP) is -0.0429. The van der Waals surface area contributed by atoms with Gasteiger partial charge in [0, 0.05) is 18.7 Å². The molecule has 1 aliphatic rings. The summed E-state index contributed by atoms with van der Waals surface area (Å²) < 4.78 is 0. The highest BCUT2D eigenvalue weighted by atomic mass is 16.1. The molecule has 0 aromatic carbocycles. The molecule has 0 spiro atoms. The quantitative estimate of drug-likeness (QED) is 0.725. The minimum atomic E-state index is 0.000780. The van der Waals surface area contributed by atoms with Crippen molar-refractivity contribution in [2.75, 3.05) is 11.9 Å². The minimum Gasteiger partial charge on any atom is -0.354 e. The van der Waals surface area contributed by atoms with Gasteiger partial charge in [0.2, 0.25) is 11.9 Å². The Morgan fingerprint density at radius 2 is 2.44 bits per heavy atom. The monoisotopic (exact) mass is 217 g/mol. The Morgan fingerprint density at radius 3 is 3.06 bits per heavy atom. The normalized spacial score (nSPS) is 19.0. The number of nitriles is 1. The zero-order chi connectivity index (χ0) is 11.5. The maximum Gasteiger partial charge on any atom is 0.224 e. The number of carbonyl (C=O) groups excluding carboxylic acids is 1. The molecule has 1 aromatic rings. The van der Waals surface area contributed by atoms with Crippen LogP contribution < -0.4 is 10.6 Å². The molecule has 0 bridgehead atoms. The first-order valence-electron chi connectivity index (χ1n) is 4.96. The van der Waals surface area contributed by atoms with Gasteiger partial charge in [-0.3, -0.25) is 4.79 Å². The predicted molar refractivity (Wildman–Crippen MR) is 56.5 cm³/mol. The number of carbonyl (C=O) groups is 1. The fourth-order valence-corrected chi connectivity index (χ4v) is 1.58. The molecule has 82 valence electrons. The van der Waals surface area contributed by atoms with Gasteiger partial charge in [0.15, 0.2) is 0 Å². The molecule has 1 fully saturated rings. The summed E-state index contributed by atoms with van der Waals surface area (Å²) in [5.74, 6) is 0.420. The fourth-order valence-electron chi connectivity index (χ4n) is 1.58. The van der Waals surface area contributed by atoms with Crippen molar-refractivity contribution < 1.29 is 4.79 Å². The van der Waals surface area contributed by atoms with E-state index in [2.05, 4.69) is 20.6 Å². The Bertz CT molecular complexity index is 465. The van der Waals surface area contributed by atoms with Crippen LogP contribution in [-0.4, -0.2) is 28.5 Å². The van der Waals surface area contributed by atoms with E-state index in [1.807, 2.05) is 6.07 Å². The van der Waals surface area contributed by atoms with E-state index in [0.717, 1.165) is 5.69 Å². The van der Waals surface area contributed by atoms with Crippen LogP contribution in [0, 0.1) is 18.3 Å². The highest BCUT2D eigenvalue weighted by Crippen LogP contribution is 2.09. The Hall–Kier alpha value is -2.16. The number of nitrogens with zero attached hydrogens (tertiary/aromatic N) is 3. The molecule has 16 heavy (non-hydrogen) atoms. The van der Waals surface area contributed by atoms with E-state index >= 15 is 0 Å². The van der Waals surface area contributed by atoms with Gasteiger partial charge in [0.1, 0.15) is 11.8 Å². The lowest BCUT2D eigenvalue weighted by Gasteiger charge is -2.10. The number of aryl methyl sites for hydroxylation is 1. The fraction of sp³-hybridized carbons (Fsp3) is 0.400. The SMILES string of the molecule is Cc1cc(C#N)nc(NC2CNC(=O)C2)n1. The Kier molecular flexibility index (Phi) is 2.68. The molecule has 2 heterocycles. The van der Waals surface area contributed by atoms with Crippen molar-refractivity contribution in [1.82, 2.24) is 15.3 Å². The molecule has 2 rings (SSSR count). The molecule has 1 saturated heterocycles. The average Bonchev–Trinajstić information content (AvgIpc) is 2.63. The molecule has 2 N–H and O–H groups in total. The van der Waals surface area contributed by atoms with Gasteiger partial charge >= 0.3 is 0 Å². The summed E-state index contributed by atoms with van der Waals surface area (Å²) in [4.78, 5) is 19.2. The van der Waals surface area contributed by atoms with Gasteiger partial charge in [-0.05, 0) is 13.0 Å². The van der Waals surface area contributed by atoms with Crippen molar-refractivity contribution in [3.05, 3.63) is 17.5 Å². The highest BCUT2D eigenvalue weighted by molar-refractivity contribution is 5.79. The molecule has 1 amide bonds. The van der Waals surface area contributed by atoms with Gasteiger partial charge in [-0.15, -0.1) is 0 Å². The van der Waals surface area contributed by atoms with E-state index in [1.165, 1.54) is 0 Å². The standard InChI is InChI=1S/C10H11N5O/c1-6-2-7(4-11)14-10(13-6)15-8-3-9(16)12-5-8/h2,8H,3,5H2,1H3,(H,12,16)(H,13,14,15). The first-order valence-corrected chi connectivity index (χ1v) is 4.96. The zero-order valence-corrected chi connectivity index (χ0v) is 8.82. The van der Waals surface area contributed by atoms with Crippen LogP contribution in [0.5, 0.6) is 0 Å². The van der Waals surface area contributed by atoms with Crippen molar-refractivity contribution in [2.24, 2.45) is 0 Å². The number of aromatic nitrogens is 2. The molecule has 0 aliphatic carbocycles. The first-order chi connectivity index (χ1) is 7.67. The Morgan fingerprint density at radius 1 is 1.62 bits per heavy atom. The lowest BCUT2D eigenvalue weighted by atomic mass is 10.2. The van der Waals surface area contributed by atoms with Crippen LogP contribution in [0.15, 0.2) is 6.07 Å². The van der Waals surface area contributed by atoms with Crippen LogP contribution in [0.4, 0.5) is 5.95 Å². The number of nitrogens with one attached hydrogen (secondary N) is 2. The number of anilines is 1. The number of hydrogen-bond acceptors (Lipinski definition) is 5. The smallest absolute Gasteiger partial charge is 0.224 e. The van der Waals surface area contributed by atoms with Gasteiger partial charge < -0.3 is 10.6 Å². The van der Waals surface area contributed by atoms with Gasteiger partial charge in [0.05, 0.1) is 6.04 Å². The summed E-state index contributed by atoms with van der Waals surface area (Å²) in [5.41, 5.74) is 1.05. The van der Waals surface area contributed by atoms with Crippen molar-refractivity contribution in [2.45, 2.75) is 19.4 Å². The van der Waals surface area contributed by atoms with E-state index in [0.29, 0.717) is 24.6 Å². The molecular weight excluding hydrogens is 206 g/mol. The van der Waals surface area contributed by atoms with Crippen LogP contribution >= 0.6 is 0 Å². The molecular formula is C10H11N5O. The number of hydrogen-bond donors (Lipinski definition) is 2. The third kappa shape index (κ3) is 2.25. The van der Waals surface area contributed by atoms with Crippen molar-refractivity contribution >= 4 is 11.9 Å². The number of amides is 1. The molecule has 1 aromatic heterocycles. The lowest BCUT2D eigenvalue weighted by molar-refractivity contribution is -0.119. The van der Waals surface area contributed by atoms with Gasteiger partial charge in [-0.2, -0.15) is 5.26 Å². The minimum absolute atomic E-state index is 0.000780. The van der Waals surface area contributed by atoms with Crippen LogP contribution in [0.25, 0.3) is 0 Å². The van der Waals surface area contributed by atoms with Crippen LogP contribution in [-0.2, 0) is 4.79 Å². The van der Waals surface area contributed by atoms with E-state index in [1.54, 1.807) is 13.0 Å². The van der Waals surface area contributed by atoms with Gasteiger partial charge in [0.25, 0.3) is 0 Å². The summed E-state index contributed by atoms with van der Waals surface area (Å²) in [6.45, 7) is 2.36. The zero-order valence-electron chi connectivity index (χ0n) is 8.82. The number of rotatable bonds is 2. The Labute approximate surface area is 92.7 Å².